The maximum absolute atomic E-state index is 9.53. The Hall–Kier alpha value is -0.777. The number of aromatic nitrogens is 1. The van der Waals surface area contributed by atoms with E-state index in [1.807, 2.05) is 12.1 Å². The summed E-state index contributed by atoms with van der Waals surface area (Å²) in [6, 6.07) is 3.96. The molecule has 0 amide bonds. The summed E-state index contributed by atoms with van der Waals surface area (Å²) in [5.74, 6) is 6.72. The number of rotatable bonds is 1. The van der Waals surface area contributed by atoms with Crippen molar-refractivity contribution in [2.75, 3.05) is 18.0 Å². The van der Waals surface area contributed by atoms with E-state index in [1.165, 1.54) is 0 Å². The standard InChI is InChI=1S/C14H18BN2O.CH3.W/c1-14(2,18)6-5-12-3-4-13(16-11-12)17-9-7-15-8-10-17;;/h3-4,11,18H,7-10H2,1-2H3;1H3;/q;-1;. The Bertz CT molecular complexity index is 453. The van der Waals surface area contributed by atoms with Gasteiger partial charge in [0.05, 0.1) is 0 Å². The Morgan fingerprint density at radius 1 is 1.30 bits per heavy atom. The fraction of sp³-hybridized carbons (Fsp3) is 0.467. The van der Waals surface area contributed by atoms with Crippen LogP contribution in [0, 0.1) is 19.3 Å². The third kappa shape index (κ3) is 6.12. The number of pyridine rings is 1. The minimum absolute atomic E-state index is 0. The second kappa shape index (κ2) is 8.50. The first-order valence-corrected chi connectivity index (χ1v) is 6.33. The quantitative estimate of drug-likeness (QED) is 0.413. The first-order chi connectivity index (χ1) is 8.54. The summed E-state index contributed by atoms with van der Waals surface area (Å²) >= 11 is 0. The van der Waals surface area contributed by atoms with Crippen LogP contribution in [0.1, 0.15) is 19.4 Å². The van der Waals surface area contributed by atoms with Gasteiger partial charge in [0.15, 0.2) is 0 Å². The van der Waals surface area contributed by atoms with Gasteiger partial charge in [0.2, 0.25) is 0 Å². The Kier molecular flexibility index (Phi) is 8.17. The maximum atomic E-state index is 9.53. The molecule has 0 saturated carbocycles. The fourth-order valence-electron chi connectivity index (χ4n) is 1.85. The van der Waals surface area contributed by atoms with Crippen molar-refractivity contribution < 1.29 is 26.2 Å². The van der Waals surface area contributed by atoms with Gasteiger partial charge in [0.1, 0.15) is 18.7 Å². The van der Waals surface area contributed by atoms with E-state index < -0.39 is 5.60 Å². The molecule has 1 aromatic rings. The van der Waals surface area contributed by atoms with Crippen LogP contribution in [0.25, 0.3) is 0 Å². The summed E-state index contributed by atoms with van der Waals surface area (Å²) in [5, 5.41) is 9.53. The van der Waals surface area contributed by atoms with Crippen LogP contribution in [0.4, 0.5) is 5.82 Å². The minimum atomic E-state index is -0.957. The second-order valence-electron chi connectivity index (χ2n) is 5.07. The predicted octanol–water partition coefficient (Wildman–Crippen LogP) is 2.01. The third-order valence-corrected chi connectivity index (χ3v) is 2.79. The normalized spacial score (nSPS) is 14.1. The Morgan fingerprint density at radius 2 is 1.95 bits per heavy atom. The molecule has 0 unspecified atom stereocenters. The van der Waals surface area contributed by atoms with E-state index in [4.69, 9.17) is 0 Å². The van der Waals surface area contributed by atoms with E-state index in [0.717, 1.165) is 37.1 Å². The van der Waals surface area contributed by atoms with Crippen LogP contribution in [0.15, 0.2) is 18.3 Å². The molecule has 20 heavy (non-hydrogen) atoms. The molecule has 1 aliphatic heterocycles. The summed E-state index contributed by atoms with van der Waals surface area (Å²) in [6.45, 7) is 5.43. The summed E-state index contributed by atoms with van der Waals surface area (Å²) < 4.78 is 0. The minimum Gasteiger partial charge on any atom is -0.378 e. The van der Waals surface area contributed by atoms with Gasteiger partial charge in [0, 0.05) is 45.9 Å². The zero-order chi connectivity index (χ0) is 13.0. The molecule has 3 nitrogen and oxygen atoms in total. The predicted molar refractivity (Wildman–Crippen MR) is 81.4 cm³/mol. The average molecular weight is 440 g/mol. The van der Waals surface area contributed by atoms with E-state index >= 15 is 0 Å². The van der Waals surface area contributed by atoms with Gasteiger partial charge in [-0.2, -0.15) is 0 Å². The summed E-state index contributed by atoms with van der Waals surface area (Å²) in [6.07, 6.45) is 4.02. The number of hydrogen-bond acceptors (Lipinski definition) is 3. The van der Waals surface area contributed by atoms with E-state index in [1.54, 1.807) is 20.0 Å². The van der Waals surface area contributed by atoms with Crippen LogP contribution in [-0.4, -0.2) is 36.1 Å². The number of aliphatic hydroxyl groups is 1. The van der Waals surface area contributed by atoms with Crippen LogP contribution in [0.3, 0.4) is 0 Å². The number of nitrogens with zero attached hydrogens (tertiary/aromatic N) is 2. The van der Waals surface area contributed by atoms with Crippen molar-refractivity contribution in [1.82, 2.24) is 4.98 Å². The molecule has 5 heteroatoms. The van der Waals surface area contributed by atoms with Gasteiger partial charge in [0.25, 0.3) is 0 Å². The van der Waals surface area contributed by atoms with Crippen molar-refractivity contribution in [3.05, 3.63) is 31.3 Å². The van der Waals surface area contributed by atoms with Gasteiger partial charge in [-0.05, 0) is 26.0 Å². The molecule has 0 aromatic carbocycles. The molecular formula is C15H21BN2OW-. The Labute approximate surface area is 137 Å². The molecule has 2 rings (SSSR count). The molecule has 2 heterocycles. The van der Waals surface area contributed by atoms with E-state index in [9.17, 15) is 5.11 Å². The topological polar surface area (TPSA) is 36.4 Å². The van der Waals surface area contributed by atoms with Gasteiger partial charge in [-0.15, -0.1) is 0 Å². The van der Waals surface area contributed by atoms with Crippen molar-refractivity contribution in [2.24, 2.45) is 0 Å². The Morgan fingerprint density at radius 3 is 2.45 bits per heavy atom. The number of anilines is 1. The molecule has 0 aliphatic carbocycles. The maximum Gasteiger partial charge on any atom is 0.128 e. The van der Waals surface area contributed by atoms with Crippen molar-refractivity contribution in [3.8, 4) is 11.8 Å². The monoisotopic (exact) mass is 440 g/mol. The van der Waals surface area contributed by atoms with E-state index in [0.29, 0.717) is 0 Å². The summed E-state index contributed by atoms with van der Waals surface area (Å²) in [4.78, 5) is 6.72. The van der Waals surface area contributed by atoms with Crippen molar-refractivity contribution in [2.45, 2.75) is 32.1 Å². The molecule has 1 aliphatic rings. The smallest absolute Gasteiger partial charge is 0.128 e. The van der Waals surface area contributed by atoms with Gasteiger partial charge >= 0.3 is 0 Å². The fourth-order valence-corrected chi connectivity index (χ4v) is 1.85. The molecule has 0 spiro atoms. The van der Waals surface area contributed by atoms with E-state index in [-0.39, 0.29) is 28.5 Å². The van der Waals surface area contributed by atoms with Gasteiger partial charge < -0.3 is 17.4 Å². The molecule has 107 valence electrons. The molecular weight excluding hydrogens is 419 g/mol. The van der Waals surface area contributed by atoms with Gasteiger partial charge in [-0.3, -0.25) is 0 Å². The van der Waals surface area contributed by atoms with Crippen molar-refractivity contribution in [1.29, 1.82) is 0 Å². The van der Waals surface area contributed by atoms with Crippen molar-refractivity contribution >= 4 is 13.1 Å². The summed E-state index contributed by atoms with van der Waals surface area (Å²) in [5.41, 5.74) is -0.120. The zero-order valence-electron chi connectivity index (χ0n) is 12.4. The molecule has 1 aromatic heterocycles. The molecule has 1 N–H and O–H groups in total. The van der Waals surface area contributed by atoms with E-state index in [2.05, 4.69) is 29.0 Å². The van der Waals surface area contributed by atoms with Crippen LogP contribution in [-0.2, 0) is 21.1 Å². The third-order valence-electron chi connectivity index (χ3n) is 2.79. The van der Waals surface area contributed by atoms with Gasteiger partial charge in [-0.25, -0.2) is 4.98 Å². The van der Waals surface area contributed by atoms with Gasteiger partial charge in [-0.1, -0.05) is 24.5 Å². The second-order valence-corrected chi connectivity index (χ2v) is 5.07. The van der Waals surface area contributed by atoms with Crippen LogP contribution in [0.5, 0.6) is 0 Å². The van der Waals surface area contributed by atoms with Crippen LogP contribution >= 0.6 is 0 Å². The first-order valence-electron chi connectivity index (χ1n) is 6.33. The first kappa shape index (κ1) is 19.2. The molecule has 1 fully saturated rings. The zero-order valence-corrected chi connectivity index (χ0v) is 15.3. The molecule has 0 atom stereocenters. The van der Waals surface area contributed by atoms with Crippen molar-refractivity contribution in [3.63, 3.8) is 0 Å². The molecule has 0 bridgehead atoms. The largest absolute Gasteiger partial charge is 0.378 e. The van der Waals surface area contributed by atoms with Crippen LogP contribution in [0.2, 0.25) is 12.6 Å². The molecule has 1 radical (unpaired) electrons. The summed E-state index contributed by atoms with van der Waals surface area (Å²) in [7, 11) is 2.32. The Balaban J connectivity index is 0.00000180. The molecule has 1 saturated heterocycles. The average Bonchev–Trinajstić information content (AvgIpc) is 2.37. The number of hydrogen-bond donors (Lipinski definition) is 1. The van der Waals surface area contributed by atoms with Crippen LogP contribution < -0.4 is 4.90 Å². The SMILES string of the molecule is CC(C)(O)C#Cc1ccc(N2CC[B]CC2)nc1.[CH3-].[W].